The van der Waals surface area contributed by atoms with Crippen LogP contribution in [0.3, 0.4) is 0 Å². The van der Waals surface area contributed by atoms with Crippen LogP contribution in [0.4, 0.5) is 16.2 Å². The fourth-order valence-corrected chi connectivity index (χ4v) is 4.12. The summed E-state index contributed by atoms with van der Waals surface area (Å²) < 4.78 is 1.98. The van der Waals surface area contributed by atoms with Crippen LogP contribution in [0.25, 0.3) is 5.69 Å². The minimum Gasteiger partial charge on any atom is -0.365 e. The number of amides is 2. The number of hydrogen-bond donors (Lipinski definition) is 1. The first-order chi connectivity index (χ1) is 14.4. The van der Waals surface area contributed by atoms with Crippen LogP contribution >= 0.6 is 23.2 Å². The van der Waals surface area contributed by atoms with Crippen molar-refractivity contribution in [2.75, 3.05) is 36.4 Å². The van der Waals surface area contributed by atoms with E-state index in [2.05, 4.69) is 29.3 Å². The molecule has 0 radical (unpaired) electrons. The van der Waals surface area contributed by atoms with Crippen molar-refractivity contribution in [2.45, 2.75) is 13.8 Å². The van der Waals surface area contributed by atoms with E-state index < -0.39 is 0 Å². The summed E-state index contributed by atoms with van der Waals surface area (Å²) in [7, 11) is 0. The van der Waals surface area contributed by atoms with Crippen LogP contribution in [0.2, 0.25) is 10.0 Å². The molecule has 0 aliphatic carbocycles. The largest absolute Gasteiger partial charge is 0.365 e. The Labute approximate surface area is 186 Å². The molecule has 8 heteroatoms. The predicted octanol–water partition coefficient (Wildman–Crippen LogP) is 5.15. The standard InChI is InChI=1S/C22H23Cl2N5O/c1-15-21(16(2)29(26-15)18-6-4-3-5-7-18)27-10-12-28(13-11-27)22(30)25-17-8-9-19(23)20(24)14-17/h3-9,14H,10-13H2,1-2H3,(H,25,30). The van der Waals surface area contributed by atoms with Crippen LogP contribution in [-0.2, 0) is 0 Å². The van der Waals surface area contributed by atoms with E-state index in [1.165, 1.54) is 0 Å². The molecule has 6 nitrogen and oxygen atoms in total. The number of aromatic nitrogens is 2. The first-order valence-corrected chi connectivity index (χ1v) is 10.6. The number of nitrogens with one attached hydrogen (secondary N) is 1. The minimum atomic E-state index is -0.138. The first-order valence-electron chi connectivity index (χ1n) is 9.81. The second kappa shape index (κ2) is 8.58. The van der Waals surface area contributed by atoms with E-state index in [9.17, 15) is 4.79 Å². The summed E-state index contributed by atoms with van der Waals surface area (Å²) in [4.78, 5) is 16.8. The Kier molecular flexibility index (Phi) is 5.88. The van der Waals surface area contributed by atoms with Crippen LogP contribution in [0.1, 0.15) is 11.4 Å². The smallest absolute Gasteiger partial charge is 0.321 e. The zero-order valence-electron chi connectivity index (χ0n) is 16.9. The van der Waals surface area contributed by atoms with Gasteiger partial charge in [-0.1, -0.05) is 41.4 Å². The summed E-state index contributed by atoms with van der Waals surface area (Å²) in [5.74, 6) is 0. The average molecular weight is 444 g/mol. The van der Waals surface area contributed by atoms with Crippen molar-refractivity contribution in [3.05, 3.63) is 70.0 Å². The van der Waals surface area contributed by atoms with Crippen molar-refractivity contribution in [1.29, 1.82) is 0 Å². The average Bonchev–Trinajstić information content (AvgIpc) is 3.05. The lowest BCUT2D eigenvalue weighted by Gasteiger charge is -2.36. The van der Waals surface area contributed by atoms with Gasteiger partial charge in [-0.3, -0.25) is 0 Å². The Bertz CT molecular complexity index is 1060. The summed E-state index contributed by atoms with van der Waals surface area (Å²) in [5, 5.41) is 8.51. The lowest BCUT2D eigenvalue weighted by atomic mass is 10.2. The fraction of sp³-hybridized carbons (Fsp3) is 0.273. The van der Waals surface area contributed by atoms with Gasteiger partial charge in [-0.05, 0) is 44.2 Å². The third-order valence-electron chi connectivity index (χ3n) is 5.31. The topological polar surface area (TPSA) is 53.4 Å². The summed E-state index contributed by atoms with van der Waals surface area (Å²) in [6.45, 7) is 6.87. The molecule has 0 bridgehead atoms. The number of aryl methyl sites for hydroxylation is 1. The normalized spacial score (nSPS) is 14.1. The highest BCUT2D eigenvalue weighted by Gasteiger charge is 2.25. The monoisotopic (exact) mass is 443 g/mol. The van der Waals surface area contributed by atoms with Gasteiger partial charge in [0.15, 0.2) is 0 Å². The molecule has 4 rings (SSSR count). The van der Waals surface area contributed by atoms with Crippen LogP contribution in [-0.4, -0.2) is 46.9 Å². The molecule has 156 valence electrons. The van der Waals surface area contributed by atoms with Crippen molar-refractivity contribution >= 4 is 40.6 Å². The number of piperazine rings is 1. The van der Waals surface area contributed by atoms with Crippen LogP contribution in [0.15, 0.2) is 48.5 Å². The zero-order chi connectivity index (χ0) is 21.3. The molecule has 1 fully saturated rings. The second-order valence-corrected chi connectivity index (χ2v) is 8.11. The quantitative estimate of drug-likeness (QED) is 0.608. The summed E-state index contributed by atoms with van der Waals surface area (Å²) in [6, 6.07) is 15.1. The van der Waals surface area contributed by atoms with Gasteiger partial charge in [-0.2, -0.15) is 5.10 Å². The van der Waals surface area contributed by atoms with E-state index in [0.29, 0.717) is 28.8 Å². The van der Waals surface area contributed by atoms with Crippen molar-refractivity contribution in [3.63, 3.8) is 0 Å². The minimum absolute atomic E-state index is 0.138. The zero-order valence-corrected chi connectivity index (χ0v) is 18.4. The van der Waals surface area contributed by atoms with Gasteiger partial charge in [0, 0.05) is 31.9 Å². The number of hydrogen-bond acceptors (Lipinski definition) is 3. The molecule has 0 spiro atoms. The molecule has 0 saturated carbocycles. The van der Waals surface area contributed by atoms with Gasteiger partial charge in [0.1, 0.15) is 0 Å². The maximum absolute atomic E-state index is 12.6. The highest BCUT2D eigenvalue weighted by Crippen LogP contribution is 2.28. The van der Waals surface area contributed by atoms with Crippen molar-refractivity contribution in [2.24, 2.45) is 0 Å². The SMILES string of the molecule is Cc1nn(-c2ccccc2)c(C)c1N1CCN(C(=O)Nc2ccc(Cl)c(Cl)c2)CC1. The number of benzene rings is 2. The molecule has 1 aliphatic rings. The fourth-order valence-electron chi connectivity index (χ4n) is 3.82. The molecule has 2 aromatic carbocycles. The van der Waals surface area contributed by atoms with E-state index in [4.69, 9.17) is 28.3 Å². The summed E-state index contributed by atoms with van der Waals surface area (Å²) in [6.07, 6.45) is 0. The molecule has 1 aliphatic heterocycles. The van der Waals surface area contributed by atoms with Gasteiger partial charge >= 0.3 is 6.03 Å². The number of rotatable bonds is 3. The molecular weight excluding hydrogens is 421 g/mol. The summed E-state index contributed by atoms with van der Waals surface area (Å²) in [5.41, 5.74) is 4.91. The highest BCUT2D eigenvalue weighted by atomic mass is 35.5. The van der Waals surface area contributed by atoms with E-state index in [-0.39, 0.29) is 6.03 Å². The first kappa shape index (κ1) is 20.6. The molecule has 3 aromatic rings. The number of urea groups is 1. The van der Waals surface area contributed by atoms with Crippen molar-refractivity contribution in [3.8, 4) is 5.69 Å². The van der Waals surface area contributed by atoms with Gasteiger partial charge < -0.3 is 15.1 Å². The number of para-hydroxylation sites is 1. The number of halogens is 2. The third-order valence-corrected chi connectivity index (χ3v) is 6.05. The lowest BCUT2D eigenvalue weighted by Crippen LogP contribution is -2.50. The Morgan fingerprint density at radius 3 is 2.33 bits per heavy atom. The van der Waals surface area contributed by atoms with E-state index in [1.54, 1.807) is 18.2 Å². The van der Waals surface area contributed by atoms with Gasteiger partial charge in [-0.15, -0.1) is 0 Å². The molecule has 2 heterocycles. The Hall–Kier alpha value is -2.70. The molecule has 1 aromatic heterocycles. The second-order valence-electron chi connectivity index (χ2n) is 7.30. The predicted molar refractivity (Wildman–Crippen MR) is 122 cm³/mol. The van der Waals surface area contributed by atoms with Crippen LogP contribution in [0, 0.1) is 13.8 Å². The summed E-state index contributed by atoms with van der Waals surface area (Å²) >= 11 is 12.0. The number of nitrogens with zero attached hydrogens (tertiary/aromatic N) is 4. The Morgan fingerprint density at radius 2 is 1.67 bits per heavy atom. The third kappa shape index (κ3) is 4.11. The van der Waals surface area contributed by atoms with Crippen molar-refractivity contribution < 1.29 is 4.79 Å². The molecule has 0 atom stereocenters. The van der Waals surface area contributed by atoms with E-state index in [1.807, 2.05) is 34.7 Å². The van der Waals surface area contributed by atoms with Gasteiger partial charge in [0.25, 0.3) is 0 Å². The molecule has 1 saturated heterocycles. The van der Waals surface area contributed by atoms with Crippen LogP contribution < -0.4 is 10.2 Å². The van der Waals surface area contributed by atoms with E-state index >= 15 is 0 Å². The molecular formula is C22H23Cl2N5O. The number of carbonyl (C=O) groups excluding carboxylic acids is 1. The maximum Gasteiger partial charge on any atom is 0.321 e. The molecule has 30 heavy (non-hydrogen) atoms. The molecule has 1 N–H and O–H groups in total. The lowest BCUT2D eigenvalue weighted by molar-refractivity contribution is 0.208. The van der Waals surface area contributed by atoms with E-state index in [0.717, 1.165) is 35.9 Å². The maximum atomic E-state index is 12.6. The van der Waals surface area contributed by atoms with Gasteiger partial charge in [0.05, 0.1) is 32.8 Å². The van der Waals surface area contributed by atoms with Gasteiger partial charge in [0.2, 0.25) is 0 Å². The molecule has 2 amide bonds. The number of anilines is 2. The highest BCUT2D eigenvalue weighted by molar-refractivity contribution is 6.42. The molecule has 0 unspecified atom stereocenters. The van der Waals surface area contributed by atoms with Crippen molar-refractivity contribution in [1.82, 2.24) is 14.7 Å². The van der Waals surface area contributed by atoms with Crippen LogP contribution in [0.5, 0.6) is 0 Å². The van der Waals surface area contributed by atoms with Gasteiger partial charge in [-0.25, -0.2) is 9.48 Å². The Balaban J connectivity index is 1.43. The number of carbonyl (C=O) groups is 1. The Morgan fingerprint density at radius 1 is 0.967 bits per heavy atom.